The number of alkyl halides is 1. The molecule has 2 bridgehead atoms. The maximum absolute atomic E-state index is 13.5. The quantitative estimate of drug-likeness (QED) is 0.433. The first kappa shape index (κ1) is 20.7. The van der Waals surface area contributed by atoms with Gasteiger partial charge in [0, 0.05) is 29.2 Å². The zero-order valence-electron chi connectivity index (χ0n) is 15.4. The summed E-state index contributed by atoms with van der Waals surface area (Å²) in [6.07, 6.45) is 2.20. The molecule has 3 fully saturated rings. The summed E-state index contributed by atoms with van der Waals surface area (Å²) in [6, 6.07) is -0.862. The molecule has 3 unspecified atom stereocenters. The van der Waals surface area contributed by atoms with Crippen LogP contribution in [0.3, 0.4) is 0 Å². The van der Waals surface area contributed by atoms with Crippen LogP contribution in [0.1, 0.15) is 20.3 Å². The first-order chi connectivity index (χ1) is 12.7. The van der Waals surface area contributed by atoms with Crippen molar-refractivity contribution in [3.8, 4) is 0 Å². The highest BCUT2D eigenvalue weighted by atomic mass is 79.9. The maximum atomic E-state index is 13.5. The summed E-state index contributed by atoms with van der Waals surface area (Å²) in [5, 5.41) is 19.0. The van der Waals surface area contributed by atoms with Crippen LogP contribution in [0.2, 0.25) is 0 Å². The van der Waals surface area contributed by atoms with E-state index in [0.29, 0.717) is 13.0 Å². The van der Waals surface area contributed by atoms with Crippen molar-refractivity contribution in [1.82, 2.24) is 9.80 Å². The van der Waals surface area contributed by atoms with Gasteiger partial charge in [-0.05, 0) is 20.3 Å². The summed E-state index contributed by atoms with van der Waals surface area (Å²) in [5.74, 6) is -3.09. The van der Waals surface area contributed by atoms with Crippen LogP contribution in [0.25, 0.3) is 0 Å². The van der Waals surface area contributed by atoms with Gasteiger partial charge in [0.05, 0.1) is 23.2 Å². The van der Waals surface area contributed by atoms with Gasteiger partial charge in [0.25, 0.3) is 0 Å². The molecule has 2 amide bonds. The number of hydrogen-bond donors (Lipinski definition) is 2. The van der Waals surface area contributed by atoms with Gasteiger partial charge < -0.3 is 20.0 Å². The predicted molar refractivity (Wildman–Crippen MR) is 106 cm³/mol. The number of rotatable bonds is 7. The van der Waals surface area contributed by atoms with Crippen LogP contribution < -0.4 is 0 Å². The number of aliphatic hydroxyl groups excluding tert-OH is 1. The van der Waals surface area contributed by atoms with E-state index in [1.54, 1.807) is 11.0 Å². The zero-order chi connectivity index (χ0) is 20.1. The topological polar surface area (TPSA) is 98.2 Å². The number of halogens is 1. The number of aliphatic hydroxyl groups is 1. The molecular weight excluding hydrogens is 436 g/mol. The number of nitrogens with zero attached hydrogens (tertiary/aromatic N) is 2. The maximum Gasteiger partial charge on any atom is 0.308 e. The molecule has 27 heavy (non-hydrogen) atoms. The third-order valence-corrected chi connectivity index (χ3v) is 9.10. The number of β-amino-alcohol motifs (C(OH)–C–C–N with tert-alkyl or cyclic N) is 1. The van der Waals surface area contributed by atoms with E-state index in [4.69, 9.17) is 0 Å². The molecule has 7 nitrogen and oxygen atoms in total. The number of carboxylic acid groups (broad SMARTS) is 1. The molecular formula is C18H25BrN2O5S. The summed E-state index contributed by atoms with van der Waals surface area (Å²) in [6.45, 7) is 7.62. The lowest BCUT2D eigenvalue weighted by atomic mass is 9.71. The monoisotopic (exact) mass is 460 g/mol. The number of carbonyl (C=O) groups is 3. The summed E-state index contributed by atoms with van der Waals surface area (Å²) in [7, 11) is 0. The molecule has 9 heteroatoms. The molecule has 0 aromatic carbocycles. The van der Waals surface area contributed by atoms with E-state index in [2.05, 4.69) is 22.5 Å². The highest BCUT2D eigenvalue weighted by molar-refractivity contribution is 9.09. The van der Waals surface area contributed by atoms with Gasteiger partial charge in [0.1, 0.15) is 6.04 Å². The smallest absolute Gasteiger partial charge is 0.308 e. The Kier molecular flexibility index (Phi) is 5.67. The molecule has 0 aliphatic carbocycles. The molecule has 6 atom stereocenters. The molecule has 0 aromatic heterocycles. The minimum absolute atomic E-state index is 0.0258. The van der Waals surface area contributed by atoms with E-state index in [1.165, 1.54) is 16.7 Å². The Hall–Kier alpha value is -1.06. The van der Waals surface area contributed by atoms with Crippen LogP contribution in [0, 0.1) is 11.8 Å². The minimum atomic E-state index is -0.999. The van der Waals surface area contributed by atoms with Crippen molar-refractivity contribution in [2.24, 2.45) is 11.8 Å². The number of fused-ring (bicyclic) bond motifs is 1. The van der Waals surface area contributed by atoms with Crippen molar-refractivity contribution in [2.75, 3.05) is 19.7 Å². The fraction of sp³-hybridized carbons (Fsp3) is 0.722. The minimum Gasteiger partial charge on any atom is -0.481 e. The summed E-state index contributed by atoms with van der Waals surface area (Å²) >= 11 is 5.05. The van der Waals surface area contributed by atoms with Gasteiger partial charge in [-0.25, -0.2) is 0 Å². The normalized spacial score (nSPS) is 37.0. The second-order valence-electron chi connectivity index (χ2n) is 7.63. The largest absolute Gasteiger partial charge is 0.481 e. The number of carboxylic acids is 1. The summed E-state index contributed by atoms with van der Waals surface area (Å²) in [4.78, 5) is 41.7. The Morgan fingerprint density at radius 1 is 1.52 bits per heavy atom. The molecule has 3 saturated heterocycles. The van der Waals surface area contributed by atoms with E-state index < -0.39 is 28.6 Å². The zero-order valence-corrected chi connectivity index (χ0v) is 17.8. The van der Waals surface area contributed by atoms with E-state index in [9.17, 15) is 24.6 Å². The fourth-order valence-corrected chi connectivity index (χ4v) is 8.49. The molecule has 3 rings (SSSR count). The third-order valence-electron chi connectivity index (χ3n) is 5.88. The average molecular weight is 461 g/mol. The molecule has 3 heterocycles. The van der Waals surface area contributed by atoms with E-state index >= 15 is 0 Å². The standard InChI is InChI=1S/C18H25BrN2O5S/c1-4-5-20(9(2)3)16(24)14-18-8-10(19)13(27-18)11(17(25)26)12(18)15(23)21(14)6-7-22/h4,9-14,22H,1,5-8H2,2-3H3,(H,25,26)/t10?,11-,12-,13-,14?,18?/m0/s1. The first-order valence-electron chi connectivity index (χ1n) is 9.08. The summed E-state index contributed by atoms with van der Waals surface area (Å²) in [5.41, 5.74) is 0. The number of aliphatic carboxylic acids is 1. The SMILES string of the molecule is C=CCN(C(=O)C1N(CCO)C(=O)[C@@H]2[C@H](C(=O)O)[C@H]3SC12CC3Br)C(C)C. The van der Waals surface area contributed by atoms with E-state index in [1.807, 2.05) is 13.8 Å². The van der Waals surface area contributed by atoms with Crippen molar-refractivity contribution in [3.63, 3.8) is 0 Å². The van der Waals surface area contributed by atoms with Gasteiger partial charge in [-0.3, -0.25) is 14.4 Å². The van der Waals surface area contributed by atoms with Crippen LogP contribution in [0.15, 0.2) is 12.7 Å². The van der Waals surface area contributed by atoms with E-state index in [0.717, 1.165) is 0 Å². The van der Waals surface area contributed by atoms with Gasteiger partial charge in [-0.2, -0.15) is 0 Å². The molecule has 1 spiro atoms. The highest BCUT2D eigenvalue weighted by Crippen LogP contribution is 2.67. The molecule has 0 radical (unpaired) electrons. The van der Waals surface area contributed by atoms with E-state index in [-0.39, 0.29) is 41.1 Å². The first-order valence-corrected chi connectivity index (χ1v) is 10.9. The Labute approximate surface area is 171 Å². The number of hydrogen-bond acceptors (Lipinski definition) is 5. The van der Waals surface area contributed by atoms with Crippen molar-refractivity contribution in [2.45, 2.75) is 47.2 Å². The Morgan fingerprint density at radius 2 is 2.19 bits per heavy atom. The van der Waals surface area contributed by atoms with Gasteiger partial charge in [0.2, 0.25) is 11.8 Å². The van der Waals surface area contributed by atoms with Crippen molar-refractivity contribution in [1.29, 1.82) is 0 Å². The van der Waals surface area contributed by atoms with Crippen molar-refractivity contribution >= 4 is 45.5 Å². The molecule has 3 aliphatic rings. The lowest BCUT2D eigenvalue weighted by Gasteiger charge is -2.38. The number of carbonyl (C=O) groups excluding carboxylic acids is 2. The van der Waals surface area contributed by atoms with Gasteiger partial charge in [-0.1, -0.05) is 22.0 Å². The van der Waals surface area contributed by atoms with Crippen LogP contribution in [0.5, 0.6) is 0 Å². The fourth-order valence-electron chi connectivity index (χ4n) is 4.89. The number of likely N-dealkylation sites (tertiary alicyclic amines) is 1. The lowest BCUT2D eigenvalue weighted by molar-refractivity contribution is -0.148. The number of thioether (sulfide) groups is 1. The Bertz CT molecular complexity index is 674. The van der Waals surface area contributed by atoms with Gasteiger partial charge in [-0.15, -0.1) is 18.3 Å². The van der Waals surface area contributed by atoms with Crippen molar-refractivity contribution < 1.29 is 24.6 Å². The van der Waals surface area contributed by atoms with Crippen molar-refractivity contribution in [3.05, 3.63) is 12.7 Å². The summed E-state index contributed by atoms with van der Waals surface area (Å²) < 4.78 is -0.778. The second-order valence-corrected chi connectivity index (χ2v) is 10.3. The van der Waals surface area contributed by atoms with Crippen LogP contribution in [0.4, 0.5) is 0 Å². The molecule has 150 valence electrons. The lowest BCUT2D eigenvalue weighted by Crippen LogP contribution is -2.56. The van der Waals surface area contributed by atoms with Crippen LogP contribution in [-0.2, 0) is 14.4 Å². The molecule has 3 aliphatic heterocycles. The third kappa shape index (κ3) is 2.93. The molecule has 0 aromatic rings. The molecule has 0 saturated carbocycles. The number of amides is 2. The Morgan fingerprint density at radius 3 is 2.70 bits per heavy atom. The molecule has 2 N–H and O–H groups in total. The highest BCUT2D eigenvalue weighted by Gasteiger charge is 2.76. The predicted octanol–water partition coefficient (Wildman–Crippen LogP) is 0.951. The van der Waals surface area contributed by atoms with Gasteiger partial charge in [0.15, 0.2) is 0 Å². The average Bonchev–Trinajstić information content (AvgIpc) is 3.17. The Balaban J connectivity index is 2.08. The van der Waals surface area contributed by atoms with Gasteiger partial charge >= 0.3 is 5.97 Å². The van der Waals surface area contributed by atoms with Crippen LogP contribution in [-0.4, -0.2) is 84.4 Å². The second kappa shape index (κ2) is 7.40. The van der Waals surface area contributed by atoms with Crippen LogP contribution >= 0.6 is 27.7 Å².